The minimum absolute atomic E-state index is 0. The molecule has 0 aromatic rings. The summed E-state index contributed by atoms with van der Waals surface area (Å²) < 4.78 is 0. The first-order chi connectivity index (χ1) is 1.41. The molecule has 0 N–H and O–H groups in total. The van der Waals surface area contributed by atoms with Gasteiger partial charge in [-0.05, 0) is 0 Å². The number of hydrogen-bond donors (Lipinski definition) is 0. The summed E-state index contributed by atoms with van der Waals surface area (Å²) in [6.07, 6.45) is 1.50. The van der Waals surface area contributed by atoms with Crippen LogP contribution < -0.4 is 0 Å². The number of hydrogen-bond acceptors (Lipinski definition) is 0. The van der Waals surface area contributed by atoms with E-state index in [9.17, 15) is 0 Å². The molecule has 0 atom stereocenters. The van der Waals surface area contributed by atoms with Gasteiger partial charge in [0, 0.05) is 20.4 Å². The topological polar surface area (TPSA) is 0 Å². The molecule has 0 heterocycles. The minimum Gasteiger partial charge on any atom is -0.245 e. The van der Waals surface area contributed by atoms with Crippen molar-refractivity contribution in [3.63, 3.8) is 0 Å². The molecule has 0 aliphatic heterocycles. The van der Waals surface area contributed by atoms with Gasteiger partial charge in [-0.3, -0.25) is 0 Å². The van der Waals surface area contributed by atoms with E-state index in [1.165, 1.54) is 6.08 Å². The van der Waals surface area contributed by atoms with Crippen LogP contribution in [0.25, 0.3) is 0 Å². The number of allylic oxidation sites excluding steroid dienone is 1. The summed E-state index contributed by atoms with van der Waals surface area (Å²) >= 11 is 0. The Kier molecular flexibility index (Phi) is 23.1. The Morgan fingerprint density at radius 2 is 1.75 bits per heavy atom. The van der Waals surface area contributed by atoms with E-state index in [2.05, 4.69) is 13.5 Å². The standard InChI is InChI=1S/C3H5.Re/c1-3-2;/h3H,1-2H2;/q-1;. The molecule has 1 heteroatoms. The maximum Gasteiger partial charge on any atom is 0 e. The SMILES string of the molecule is C=C[CH2-].[Re]. The second kappa shape index (κ2) is 10.4. The summed E-state index contributed by atoms with van der Waals surface area (Å²) in [7, 11) is 0. The monoisotopic (exact) mass is 228 g/mol. The van der Waals surface area contributed by atoms with Crippen molar-refractivity contribution in [3.05, 3.63) is 19.6 Å². The Hall–Kier alpha value is 0.272. The Labute approximate surface area is 40.6 Å². The van der Waals surface area contributed by atoms with Crippen molar-refractivity contribution in [3.8, 4) is 0 Å². The molecule has 1 radical (unpaired) electrons. The van der Waals surface area contributed by atoms with Crippen LogP contribution in [0.2, 0.25) is 0 Å². The third-order valence-corrected chi connectivity index (χ3v) is 0. The molecule has 0 bridgehead atoms. The van der Waals surface area contributed by atoms with Gasteiger partial charge in [0.05, 0.1) is 0 Å². The summed E-state index contributed by atoms with van der Waals surface area (Å²) in [6, 6.07) is 0. The molecule has 0 amide bonds. The molecule has 0 nitrogen and oxygen atoms in total. The molecule has 0 saturated carbocycles. The van der Waals surface area contributed by atoms with Gasteiger partial charge in [-0.15, -0.1) is 0 Å². The minimum atomic E-state index is 0. The first kappa shape index (κ1) is 8.86. The smallest absolute Gasteiger partial charge is 0 e. The second-order valence-electron chi connectivity index (χ2n) is 0.289. The Bertz CT molecular complexity index is 10.8. The number of rotatable bonds is 0. The molecule has 0 aromatic carbocycles. The Morgan fingerprint density at radius 1 is 1.75 bits per heavy atom. The van der Waals surface area contributed by atoms with Gasteiger partial charge < -0.3 is 0 Å². The molecular weight excluding hydrogens is 222 g/mol. The first-order valence-electron chi connectivity index (χ1n) is 0.816. The summed E-state index contributed by atoms with van der Waals surface area (Å²) in [5, 5.41) is 0. The zero-order valence-electron chi connectivity index (χ0n) is 2.37. The second-order valence-corrected chi connectivity index (χ2v) is 0.289. The van der Waals surface area contributed by atoms with Gasteiger partial charge in [0.1, 0.15) is 0 Å². The maximum absolute atomic E-state index is 3.25. The van der Waals surface area contributed by atoms with Crippen LogP contribution in [-0.4, -0.2) is 0 Å². The van der Waals surface area contributed by atoms with Crippen LogP contribution in [0.15, 0.2) is 12.7 Å². The third-order valence-electron chi connectivity index (χ3n) is 0. The largest absolute Gasteiger partial charge is 0.245 e. The van der Waals surface area contributed by atoms with Crippen molar-refractivity contribution in [2.45, 2.75) is 0 Å². The van der Waals surface area contributed by atoms with Gasteiger partial charge in [0.2, 0.25) is 0 Å². The van der Waals surface area contributed by atoms with Crippen molar-refractivity contribution in [2.75, 3.05) is 0 Å². The van der Waals surface area contributed by atoms with Gasteiger partial charge >= 0.3 is 0 Å². The van der Waals surface area contributed by atoms with Gasteiger partial charge in [-0.1, -0.05) is 0 Å². The normalized spacial score (nSPS) is 3.00. The van der Waals surface area contributed by atoms with Crippen LogP contribution in [0, 0.1) is 6.92 Å². The summed E-state index contributed by atoms with van der Waals surface area (Å²) in [5.41, 5.74) is 0. The average molecular weight is 227 g/mol. The van der Waals surface area contributed by atoms with E-state index in [4.69, 9.17) is 0 Å². The Balaban J connectivity index is 0. The van der Waals surface area contributed by atoms with E-state index in [1.54, 1.807) is 0 Å². The first-order valence-corrected chi connectivity index (χ1v) is 0.816. The summed E-state index contributed by atoms with van der Waals surface area (Å²) in [5.74, 6) is 0. The molecule has 0 fully saturated rings. The van der Waals surface area contributed by atoms with Crippen LogP contribution in [0.3, 0.4) is 0 Å². The molecule has 0 saturated heterocycles. The molecule has 0 rings (SSSR count). The van der Waals surface area contributed by atoms with Gasteiger partial charge in [0.25, 0.3) is 0 Å². The molecule has 0 unspecified atom stereocenters. The van der Waals surface area contributed by atoms with E-state index in [0.29, 0.717) is 0 Å². The van der Waals surface area contributed by atoms with Crippen LogP contribution >= 0.6 is 0 Å². The van der Waals surface area contributed by atoms with Crippen molar-refractivity contribution >= 4 is 0 Å². The van der Waals surface area contributed by atoms with Crippen LogP contribution in [-0.2, 0) is 20.4 Å². The Morgan fingerprint density at radius 3 is 1.75 bits per heavy atom. The molecular formula is C3H5Re-. The summed E-state index contributed by atoms with van der Waals surface area (Å²) in [4.78, 5) is 0. The molecule has 4 heavy (non-hydrogen) atoms. The van der Waals surface area contributed by atoms with Crippen LogP contribution in [0.1, 0.15) is 0 Å². The quantitative estimate of drug-likeness (QED) is 0.542. The average Bonchev–Trinajstić information content (AvgIpc) is 0.918. The third kappa shape index (κ3) is 49.6. The van der Waals surface area contributed by atoms with Gasteiger partial charge in [0.15, 0.2) is 0 Å². The van der Waals surface area contributed by atoms with Crippen molar-refractivity contribution in [1.82, 2.24) is 0 Å². The van der Waals surface area contributed by atoms with Gasteiger partial charge in [-0.2, -0.15) is 0 Å². The molecule has 0 spiro atoms. The fourth-order valence-electron chi connectivity index (χ4n) is 0. The van der Waals surface area contributed by atoms with E-state index < -0.39 is 0 Å². The van der Waals surface area contributed by atoms with Crippen LogP contribution in [0.5, 0.6) is 0 Å². The summed E-state index contributed by atoms with van der Waals surface area (Å²) in [6.45, 7) is 6.50. The zero-order valence-corrected chi connectivity index (χ0v) is 5.09. The van der Waals surface area contributed by atoms with E-state index in [-0.39, 0.29) is 20.4 Å². The van der Waals surface area contributed by atoms with E-state index in [0.717, 1.165) is 0 Å². The van der Waals surface area contributed by atoms with Gasteiger partial charge in [-0.25, -0.2) is 19.6 Å². The van der Waals surface area contributed by atoms with E-state index in [1.807, 2.05) is 0 Å². The molecule has 0 aromatic heterocycles. The molecule has 25 valence electrons. The predicted octanol–water partition coefficient (Wildman–Crippen LogP) is 1.00. The molecule has 0 aliphatic rings. The molecule has 0 aliphatic carbocycles. The maximum atomic E-state index is 3.25. The van der Waals surface area contributed by atoms with Crippen molar-refractivity contribution < 1.29 is 20.4 Å². The van der Waals surface area contributed by atoms with Crippen LogP contribution in [0.4, 0.5) is 0 Å². The van der Waals surface area contributed by atoms with E-state index >= 15 is 0 Å². The fourth-order valence-corrected chi connectivity index (χ4v) is 0. The fraction of sp³-hybridized carbons (Fsp3) is 0. The van der Waals surface area contributed by atoms with Crippen molar-refractivity contribution in [2.24, 2.45) is 0 Å². The predicted molar refractivity (Wildman–Crippen MR) is 15.6 cm³/mol. The zero-order chi connectivity index (χ0) is 2.71. The van der Waals surface area contributed by atoms with Crippen molar-refractivity contribution in [1.29, 1.82) is 0 Å².